The summed E-state index contributed by atoms with van der Waals surface area (Å²) in [5.41, 5.74) is 3.47. The van der Waals surface area contributed by atoms with Gasteiger partial charge >= 0.3 is 6.18 Å². The number of nitrogens with zero attached hydrogens (tertiary/aromatic N) is 2. The van der Waals surface area contributed by atoms with E-state index < -0.39 is 27.8 Å². The maximum atomic E-state index is 14.1. The van der Waals surface area contributed by atoms with Gasteiger partial charge in [0.2, 0.25) is 10.0 Å². The third-order valence-electron chi connectivity index (χ3n) is 7.78. The summed E-state index contributed by atoms with van der Waals surface area (Å²) in [5.74, 6) is 0. The van der Waals surface area contributed by atoms with E-state index in [-0.39, 0.29) is 10.6 Å². The zero-order chi connectivity index (χ0) is 27.2. The van der Waals surface area contributed by atoms with Gasteiger partial charge in [0.1, 0.15) is 0 Å². The number of sulfonamides is 1. The van der Waals surface area contributed by atoms with Crippen LogP contribution in [0, 0.1) is 0 Å². The van der Waals surface area contributed by atoms with Gasteiger partial charge in [0.25, 0.3) is 0 Å². The number of halogens is 3. The van der Waals surface area contributed by atoms with Crippen LogP contribution in [0.3, 0.4) is 0 Å². The van der Waals surface area contributed by atoms with Gasteiger partial charge in [-0.15, -0.1) is 0 Å². The SMILES string of the molecule is CCN(CC)c1cc(C(F)(F)F)cc(S(=O)(=O)N(C)[C@@H]2CC3=C(C=CCC3)c3ccc4ccccc4c32)c1. The molecule has 0 heterocycles. The highest BCUT2D eigenvalue weighted by Gasteiger charge is 2.38. The molecule has 1 atom stereocenters. The topological polar surface area (TPSA) is 40.6 Å². The van der Waals surface area contributed by atoms with Crippen LogP contribution in [-0.2, 0) is 16.2 Å². The van der Waals surface area contributed by atoms with Crippen molar-refractivity contribution in [1.82, 2.24) is 4.31 Å². The lowest BCUT2D eigenvalue weighted by molar-refractivity contribution is -0.137. The molecule has 0 aromatic heterocycles. The van der Waals surface area contributed by atoms with Gasteiger partial charge in [-0.25, -0.2) is 8.42 Å². The molecule has 0 radical (unpaired) electrons. The third-order valence-corrected chi connectivity index (χ3v) is 9.62. The standard InChI is InChI=1S/C30H31F3N2O2S/c1-4-35(5-2)23-17-22(30(31,32)33)18-24(19-23)38(36,37)34(3)28-16-21-11-7-8-12-25(21)27-15-14-20-10-6-9-13-26(20)29(27)28/h6,8-10,12-15,17-19,28H,4-5,7,11,16H2,1-3H3/t28-/m1/s1. The van der Waals surface area contributed by atoms with E-state index >= 15 is 0 Å². The van der Waals surface area contributed by atoms with Gasteiger partial charge in [-0.3, -0.25) is 0 Å². The minimum atomic E-state index is -4.67. The van der Waals surface area contributed by atoms with Crippen LogP contribution in [0.5, 0.6) is 0 Å². The quantitative estimate of drug-likeness (QED) is 0.324. The normalized spacial score (nSPS) is 17.6. The Hall–Kier alpha value is -3.10. The van der Waals surface area contributed by atoms with Crippen molar-refractivity contribution in [3.8, 4) is 0 Å². The van der Waals surface area contributed by atoms with E-state index in [1.807, 2.05) is 50.2 Å². The van der Waals surface area contributed by atoms with Crippen LogP contribution in [0.25, 0.3) is 16.3 Å². The Kier molecular flexibility index (Phi) is 6.90. The maximum absolute atomic E-state index is 14.1. The number of allylic oxidation sites excluding steroid dienone is 3. The Morgan fingerprint density at radius 2 is 1.74 bits per heavy atom. The van der Waals surface area contributed by atoms with Crippen molar-refractivity contribution in [1.29, 1.82) is 0 Å². The summed E-state index contributed by atoms with van der Waals surface area (Å²) in [6.45, 7) is 4.58. The first-order valence-electron chi connectivity index (χ1n) is 12.9. The summed E-state index contributed by atoms with van der Waals surface area (Å²) < 4.78 is 71.1. The summed E-state index contributed by atoms with van der Waals surface area (Å²) in [7, 11) is -2.78. The number of rotatable bonds is 6. The summed E-state index contributed by atoms with van der Waals surface area (Å²) in [6, 6.07) is 14.5. The molecule has 0 aliphatic heterocycles. The van der Waals surface area contributed by atoms with Crippen molar-refractivity contribution < 1.29 is 21.6 Å². The number of benzene rings is 3. The maximum Gasteiger partial charge on any atom is 0.416 e. The molecule has 0 unspecified atom stereocenters. The molecule has 0 N–H and O–H groups in total. The van der Waals surface area contributed by atoms with Gasteiger partial charge in [-0.1, -0.05) is 54.1 Å². The lowest BCUT2D eigenvalue weighted by atomic mass is 9.77. The minimum absolute atomic E-state index is 0.244. The molecule has 0 saturated carbocycles. The van der Waals surface area contributed by atoms with Gasteiger partial charge in [0.15, 0.2) is 0 Å². The fourth-order valence-electron chi connectivity index (χ4n) is 5.74. The van der Waals surface area contributed by atoms with Gasteiger partial charge in [0, 0.05) is 25.8 Å². The van der Waals surface area contributed by atoms with Crippen LogP contribution in [0.15, 0.2) is 77.2 Å². The van der Waals surface area contributed by atoms with E-state index in [4.69, 9.17) is 0 Å². The number of hydrogen-bond donors (Lipinski definition) is 0. The van der Waals surface area contributed by atoms with Crippen molar-refractivity contribution in [3.05, 3.63) is 89.0 Å². The van der Waals surface area contributed by atoms with Crippen LogP contribution in [0.1, 0.15) is 55.8 Å². The van der Waals surface area contributed by atoms with Gasteiger partial charge in [0.05, 0.1) is 16.5 Å². The van der Waals surface area contributed by atoms with Crippen molar-refractivity contribution in [2.24, 2.45) is 0 Å². The molecule has 2 aliphatic carbocycles. The zero-order valence-electron chi connectivity index (χ0n) is 21.7. The van der Waals surface area contributed by atoms with E-state index in [1.165, 1.54) is 23.0 Å². The molecule has 0 fully saturated rings. The highest BCUT2D eigenvalue weighted by molar-refractivity contribution is 7.89. The molecule has 8 heteroatoms. The Morgan fingerprint density at radius 1 is 1.00 bits per heavy atom. The predicted molar refractivity (Wildman–Crippen MR) is 147 cm³/mol. The first kappa shape index (κ1) is 26.5. The predicted octanol–water partition coefficient (Wildman–Crippen LogP) is 7.57. The van der Waals surface area contributed by atoms with Crippen molar-refractivity contribution in [3.63, 3.8) is 0 Å². The number of fused-ring (bicyclic) bond motifs is 4. The summed E-state index contributed by atoms with van der Waals surface area (Å²) in [5, 5.41) is 1.95. The molecule has 0 spiro atoms. The summed E-state index contributed by atoms with van der Waals surface area (Å²) in [6.07, 6.45) is 1.78. The Morgan fingerprint density at radius 3 is 2.45 bits per heavy atom. The molecular formula is C30H31F3N2O2S. The molecule has 3 aromatic rings. The Bertz CT molecular complexity index is 1550. The largest absolute Gasteiger partial charge is 0.416 e. The molecule has 0 saturated heterocycles. The molecule has 38 heavy (non-hydrogen) atoms. The van der Waals surface area contributed by atoms with E-state index in [2.05, 4.69) is 12.2 Å². The Labute approximate surface area is 222 Å². The van der Waals surface area contributed by atoms with Gasteiger partial charge in [-0.05, 0) is 78.8 Å². The van der Waals surface area contributed by atoms with Crippen LogP contribution >= 0.6 is 0 Å². The second kappa shape index (κ2) is 9.89. The Balaban J connectivity index is 1.67. The monoisotopic (exact) mass is 540 g/mol. The minimum Gasteiger partial charge on any atom is -0.372 e. The lowest BCUT2D eigenvalue weighted by Gasteiger charge is -2.36. The molecule has 0 amide bonds. The second-order valence-corrected chi connectivity index (χ2v) is 11.8. The van der Waals surface area contributed by atoms with Gasteiger partial charge in [-0.2, -0.15) is 17.5 Å². The fourth-order valence-corrected chi connectivity index (χ4v) is 7.13. The summed E-state index contributed by atoms with van der Waals surface area (Å²) in [4.78, 5) is 1.38. The van der Waals surface area contributed by atoms with Crippen LogP contribution in [-0.4, -0.2) is 32.9 Å². The lowest BCUT2D eigenvalue weighted by Crippen LogP contribution is -2.34. The average molecular weight is 541 g/mol. The van der Waals surface area contributed by atoms with Gasteiger partial charge < -0.3 is 4.90 Å². The van der Waals surface area contributed by atoms with E-state index in [1.54, 1.807) is 4.90 Å². The van der Waals surface area contributed by atoms with Crippen LogP contribution < -0.4 is 4.90 Å². The van der Waals surface area contributed by atoms with Crippen LogP contribution in [0.4, 0.5) is 18.9 Å². The number of hydrogen-bond acceptors (Lipinski definition) is 3. The fraction of sp³-hybridized carbons (Fsp3) is 0.333. The number of anilines is 1. The molecule has 200 valence electrons. The van der Waals surface area contributed by atoms with Crippen molar-refractivity contribution >= 4 is 32.1 Å². The molecule has 5 rings (SSSR count). The van der Waals surface area contributed by atoms with Crippen LogP contribution in [0.2, 0.25) is 0 Å². The molecule has 2 aliphatic rings. The van der Waals surface area contributed by atoms with E-state index in [9.17, 15) is 21.6 Å². The highest BCUT2D eigenvalue weighted by atomic mass is 32.2. The number of alkyl halides is 3. The first-order chi connectivity index (χ1) is 18.1. The third kappa shape index (κ3) is 4.54. The van der Waals surface area contributed by atoms with Crippen molar-refractivity contribution in [2.45, 2.75) is 50.2 Å². The molecular weight excluding hydrogens is 509 g/mol. The highest BCUT2D eigenvalue weighted by Crippen LogP contribution is 2.48. The average Bonchev–Trinajstić information content (AvgIpc) is 2.92. The molecule has 0 bridgehead atoms. The summed E-state index contributed by atoms with van der Waals surface area (Å²) >= 11 is 0. The second-order valence-electron chi connectivity index (χ2n) is 9.83. The van der Waals surface area contributed by atoms with Crippen molar-refractivity contribution in [2.75, 3.05) is 25.0 Å². The smallest absolute Gasteiger partial charge is 0.372 e. The zero-order valence-corrected chi connectivity index (χ0v) is 22.5. The van der Waals surface area contributed by atoms with E-state index in [0.717, 1.165) is 52.4 Å². The first-order valence-corrected chi connectivity index (χ1v) is 14.4. The molecule has 4 nitrogen and oxygen atoms in total. The van der Waals surface area contributed by atoms with E-state index in [0.29, 0.717) is 19.5 Å². The molecule has 3 aromatic carbocycles.